The molecule has 0 saturated heterocycles. The summed E-state index contributed by atoms with van der Waals surface area (Å²) < 4.78 is 16.6. The summed E-state index contributed by atoms with van der Waals surface area (Å²) in [5, 5.41) is 0. The molecule has 1 aromatic heterocycles. The van der Waals surface area contributed by atoms with Gasteiger partial charge in [0.2, 0.25) is 0 Å². The number of hydrogen-bond acceptors (Lipinski definition) is 6. The molecule has 0 unspecified atom stereocenters. The Balaban J connectivity index is 1.64. The molecule has 23 heavy (non-hydrogen) atoms. The summed E-state index contributed by atoms with van der Waals surface area (Å²) >= 11 is 6.87. The number of fused-ring (bicyclic) bond motifs is 1. The Hall–Kier alpha value is -2.05. The summed E-state index contributed by atoms with van der Waals surface area (Å²) in [7, 11) is 0. The van der Waals surface area contributed by atoms with Gasteiger partial charge in [-0.1, -0.05) is 11.6 Å². The fourth-order valence-electron chi connectivity index (χ4n) is 2.05. The van der Waals surface area contributed by atoms with Crippen LogP contribution in [0, 0.1) is 0 Å². The second kappa shape index (κ2) is 7.02. The van der Waals surface area contributed by atoms with Crippen molar-refractivity contribution in [1.82, 2.24) is 0 Å². The summed E-state index contributed by atoms with van der Waals surface area (Å²) in [6.07, 6.45) is 0.791. The van der Waals surface area contributed by atoms with Gasteiger partial charge in [0.1, 0.15) is 4.88 Å². The minimum absolute atomic E-state index is 0.309. The molecule has 0 saturated carbocycles. The van der Waals surface area contributed by atoms with E-state index in [0.717, 1.165) is 17.8 Å². The molecule has 2 heterocycles. The normalized spacial score (nSPS) is 13.3. The Labute approximate surface area is 141 Å². The van der Waals surface area contributed by atoms with Gasteiger partial charge >= 0.3 is 5.97 Å². The summed E-state index contributed by atoms with van der Waals surface area (Å²) in [5.74, 6) is 0.273. The standard InChI is InChI=1S/C16H13ClO5S/c17-15-5-4-14(23-15)16(19)22-9-11(18)10-2-3-12-13(8-10)21-7-1-6-20-12/h2-5,8H,1,6-7,9H2. The van der Waals surface area contributed by atoms with E-state index in [1.807, 2.05) is 0 Å². The molecular weight excluding hydrogens is 340 g/mol. The van der Waals surface area contributed by atoms with E-state index in [2.05, 4.69) is 0 Å². The molecule has 0 aliphatic carbocycles. The summed E-state index contributed by atoms with van der Waals surface area (Å²) in [5.41, 5.74) is 0.409. The van der Waals surface area contributed by atoms with Gasteiger partial charge in [-0.25, -0.2) is 4.79 Å². The molecule has 5 nitrogen and oxygen atoms in total. The zero-order chi connectivity index (χ0) is 16.2. The van der Waals surface area contributed by atoms with Crippen molar-refractivity contribution >= 4 is 34.7 Å². The number of halogens is 1. The molecule has 120 valence electrons. The summed E-state index contributed by atoms with van der Waals surface area (Å²) in [6.45, 7) is 0.786. The molecule has 2 aromatic rings. The number of carbonyl (C=O) groups is 2. The number of Topliss-reactive ketones (excluding diaryl/α,β-unsaturated/α-hetero) is 1. The van der Waals surface area contributed by atoms with E-state index >= 15 is 0 Å². The quantitative estimate of drug-likeness (QED) is 0.621. The first-order chi connectivity index (χ1) is 11.1. The number of benzene rings is 1. The second-order valence-corrected chi connectivity index (χ2v) is 6.53. The monoisotopic (exact) mass is 352 g/mol. The highest BCUT2D eigenvalue weighted by Gasteiger charge is 2.17. The predicted molar refractivity (Wildman–Crippen MR) is 86.0 cm³/mol. The largest absolute Gasteiger partial charge is 0.490 e. The molecule has 0 N–H and O–H groups in total. The summed E-state index contributed by atoms with van der Waals surface area (Å²) in [6, 6.07) is 8.10. The average molecular weight is 353 g/mol. The van der Waals surface area contributed by atoms with Crippen LogP contribution in [0.15, 0.2) is 30.3 Å². The lowest BCUT2D eigenvalue weighted by molar-refractivity contribution is 0.0479. The first-order valence-electron chi connectivity index (χ1n) is 6.99. The van der Waals surface area contributed by atoms with E-state index in [1.165, 1.54) is 0 Å². The lowest BCUT2D eigenvalue weighted by Gasteiger charge is -2.09. The molecule has 0 radical (unpaired) electrons. The third-order valence-electron chi connectivity index (χ3n) is 3.18. The molecule has 1 aliphatic heterocycles. The van der Waals surface area contributed by atoms with Crippen molar-refractivity contribution in [3.05, 3.63) is 45.1 Å². The van der Waals surface area contributed by atoms with Gasteiger partial charge in [-0.15, -0.1) is 11.3 Å². The fourth-order valence-corrected chi connectivity index (χ4v) is 2.98. The molecule has 0 amide bonds. The number of esters is 1. The van der Waals surface area contributed by atoms with Gasteiger partial charge in [-0.05, 0) is 30.3 Å². The van der Waals surface area contributed by atoms with Gasteiger partial charge in [0.25, 0.3) is 0 Å². The molecule has 0 bridgehead atoms. The molecule has 0 spiro atoms. The van der Waals surface area contributed by atoms with Gasteiger partial charge in [-0.3, -0.25) is 4.79 Å². The number of thiophene rings is 1. The van der Waals surface area contributed by atoms with Crippen LogP contribution in [0.2, 0.25) is 4.34 Å². The van der Waals surface area contributed by atoms with Crippen LogP contribution >= 0.6 is 22.9 Å². The predicted octanol–water partition coefficient (Wildman–Crippen LogP) is 3.60. The third-order valence-corrected chi connectivity index (χ3v) is 4.39. The van der Waals surface area contributed by atoms with E-state index < -0.39 is 5.97 Å². The van der Waals surface area contributed by atoms with Crippen molar-refractivity contribution in [1.29, 1.82) is 0 Å². The zero-order valence-corrected chi connectivity index (χ0v) is 13.6. The molecule has 1 aliphatic rings. The maximum Gasteiger partial charge on any atom is 0.348 e. The Morgan fingerprint density at radius 1 is 1.13 bits per heavy atom. The van der Waals surface area contributed by atoms with Crippen LogP contribution in [0.5, 0.6) is 11.5 Å². The second-order valence-electron chi connectivity index (χ2n) is 4.82. The summed E-state index contributed by atoms with van der Waals surface area (Å²) in [4.78, 5) is 24.3. The van der Waals surface area contributed by atoms with E-state index in [9.17, 15) is 9.59 Å². The highest BCUT2D eigenvalue weighted by atomic mass is 35.5. The van der Waals surface area contributed by atoms with Crippen molar-refractivity contribution < 1.29 is 23.8 Å². The number of rotatable bonds is 4. The molecule has 3 rings (SSSR count). The number of carbonyl (C=O) groups excluding carboxylic acids is 2. The van der Waals surface area contributed by atoms with Crippen LogP contribution in [0.3, 0.4) is 0 Å². The van der Waals surface area contributed by atoms with Crippen molar-refractivity contribution in [3.63, 3.8) is 0 Å². The van der Waals surface area contributed by atoms with Crippen LogP contribution < -0.4 is 9.47 Å². The van der Waals surface area contributed by atoms with Crippen LogP contribution in [0.25, 0.3) is 0 Å². The Kier molecular flexibility index (Phi) is 4.83. The molecule has 1 aromatic carbocycles. The van der Waals surface area contributed by atoms with Crippen molar-refractivity contribution in [2.45, 2.75) is 6.42 Å². The minimum Gasteiger partial charge on any atom is -0.490 e. The van der Waals surface area contributed by atoms with Crippen molar-refractivity contribution in [2.75, 3.05) is 19.8 Å². The number of ether oxygens (including phenoxy) is 3. The van der Waals surface area contributed by atoms with Crippen LogP contribution in [0.1, 0.15) is 26.5 Å². The molecule has 0 fully saturated rings. The van der Waals surface area contributed by atoms with Gasteiger partial charge in [0, 0.05) is 12.0 Å². The van der Waals surface area contributed by atoms with E-state index in [1.54, 1.807) is 30.3 Å². The maximum atomic E-state index is 12.2. The minimum atomic E-state index is -0.565. The average Bonchev–Trinajstić information content (AvgIpc) is 2.85. The zero-order valence-electron chi connectivity index (χ0n) is 12.0. The third kappa shape index (κ3) is 3.83. The molecular formula is C16H13ClO5S. The topological polar surface area (TPSA) is 61.8 Å². The first-order valence-corrected chi connectivity index (χ1v) is 8.18. The van der Waals surface area contributed by atoms with Crippen LogP contribution in [-0.2, 0) is 4.74 Å². The molecule has 0 atom stereocenters. The Bertz CT molecular complexity index is 740. The Morgan fingerprint density at radius 3 is 2.65 bits per heavy atom. The number of ketones is 1. The SMILES string of the molecule is O=C(COC(=O)c1ccc(Cl)s1)c1ccc2c(c1)OCCCO2. The van der Waals surface area contributed by atoms with Crippen molar-refractivity contribution in [3.8, 4) is 11.5 Å². The maximum absolute atomic E-state index is 12.2. The highest BCUT2D eigenvalue weighted by molar-refractivity contribution is 7.17. The smallest absolute Gasteiger partial charge is 0.348 e. The number of hydrogen-bond donors (Lipinski definition) is 0. The lowest BCUT2D eigenvalue weighted by Crippen LogP contribution is -2.13. The lowest BCUT2D eigenvalue weighted by atomic mass is 10.1. The van der Waals surface area contributed by atoms with Gasteiger partial charge in [0.05, 0.1) is 17.6 Å². The van der Waals surface area contributed by atoms with Crippen molar-refractivity contribution in [2.24, 2.45) is 0 Å². The van der Waals surface area contributed by atoms with Gasteiger partial charge < -0.3 is 14.2 Å². The van der Waals surface area contributed by atoms with Crippen LogP contribution in [0.4, 0.5) is 0 Å². The van der Waals surface area contributed by atoms with E-state index in [4.69, 9.17) is 25.8 Å². The van der Waals surface area contributed by atoms with Gasteiger partial charge in [0.15, 0.2) is 23.9 Å². The fraction of sp³-hybridized carbons (Fsp3) is 0.250. The Morgan fingerprint density at radius 2 is 1.91 bits per heavy atom. The highest BCUT2D eigenvalue weighted by Crippen LogP contribution is 2.30. The van der Waals surface area contributed by atoms with E-state index in [-0.39, 0.29) is 12.4 Å². The van der Waals surface area contributed by atoms with E-state index in [0.29, 0.717) is 39.5 Å². The van der Waals surface area contributed by atoms with Gasteiger partial charge in [-0.2, -0.15) is 0 Å². The van der Waals surface area contributed by atoms with Crippen LogP contribution in [-0.4, -0.2) is 31.6 Å². The molecule has 7 heteroatoms. The first kappa shape index (κ1) is 15.8.